The SMILES string of the molecule is Clc1ccc(N2CC[NH+](Cc3cccs3)CC2)cc1. The minimum Gasteiger partial charge on any atom is -0.360 e. The predicted octanol–water partition coefficient (Wildman–Crippen LogP) is 2.31. The molecule has 1 aromatic carbocycles. The molecule has 0 atom stereocenters. The van der Waals surface area contributed by atoms with E-state index >= 15 is 0 Å². The summed E-state index contributed by atoms with van der Waals surface area (Å²) in [5.41, 5.74) is 1.29. The van der Waals surface area contributed by atoms with Crippen molar-refractivity contribution in [1.82, 2.24) is 0 Å². The highest BCUT2D eigenvalue weighted by atomic mass is 35.5. The molecule has 19 heavy (non-hydrogen) atoms. The van der Waals surface area contributed by atoms with Gasteiger partial charge in [0.2, 0.25) is 0 Å². The molecule has 3 rings (SSSR count). The fourth-order valence-corrected chi connectivity index (χ4v) is 3.47. The number of piperazine rings is 1. The number of thiophene rings is 1. The molecule has 0 bridgehead atoms. The lowest BCUT2D eigenvalue weighted by Gasteiger charge is -2.33. The topological polar surface area (TPSA) is 7.68 Å². The summed E-state index contributed by atoms with van der Waals surface area (Å²) in [5, 5.41) is 2.98. The summed E-state index contributed by atoms with van der Waals surface area (Å²) in [6, 6.07) is 12.6. The molecule has 2 aromatic rings. The maximum absolute atomic E-state index is 5.93. The second-order valence-corrected chi connectivity index (χ2v) is 6.44. The Kier molecular flexibility index (Phi) is 4.06. The van der Waals surface area contributed by atoms with E-state index in [0.717, 1.165) is 18.1 Å². The van der Waals surface area contributed by atoms with E-state index in [-0.39, 0.29) is 0 Å². The third-order valence-corrected chi connectivity index (χ3v) is 4.80. The first-order valence-electron chi connectivity index (χ1n) is 6.68. The molecule has 1 N–H and O–H groups in total. The van der Waals surface area contributed by atoms with Gasteiger partial charge in [-0.15, -0.1) is 11.3 Å². The molecule has 4 heteroatoms. The Morgan fingerprint density at radius 3 is 2.47 bits per heavy atom. The zero-order chi connectivity index (χ0) is 13.1. The van der Waals surface area contributed by atoms with Crippen LogP contribution in [0.5, 0.6) is 0 Å². The van der Waals surface area contributed by atoms with E-state index in [0.29, 0.717) is 0 Å². The zero-order valence-electron chi connectivity index (χ0n) is 10.8. The van der Waals surface area contributed by atoms with Crippen LogP contribution in [0.4, 0.5) is 5.69 Å². The summed E-state index contributed by atoms with van der Waals surface area (Å²) < 4.78 is 0. The maximum atomic E-state index is 5.93. The molecule has 0 aliphatic carbocycles. The molecule has 1 aliphatic heterocycles. The summed E-state index contributed by atoms with van der Waals surface area (Å²) in [5.74, 6) is 0. The number of benzene rings is 1. The van der Waals surface area contributed by atoms with Gasteiger partial charge >= 0.3 is 0 Å². The van der Waals surface area contributed by atoms with Gasteiger partial charge in [0, 0.05) is 10.7 Å². The first-order chi connectivity index (χ1) is 9.31. The van der Waals surface area contributed by atoms with Crippen LogP contribution in [0.25, 0.3) is 0 Å². The molecular formula is C15H18ClN2S+. The molecule has 0 saturated carbocycles. The summed E-state index contributed by atoms with van der Waals surface area (Å²) in [6.45, 7) is 5.85. The van der Waals surface area contributed by atoms with Crippen LogP contribution < -0.4 is 9.80 Å². The lowest BCUT2D eigenvalue weighted by molar-refractivity contribution is -0.914. The van der Waals surface area contributed by atoms with Crippen molar-refractivity contribution in [2.75, 3.05) is 31.1 Å². The van der Waals surface area contributed by atoms with E-state index in [2.05, 4.69) is 34.5 Å². The van der Waals surface area contributed by atoms with Crippen LogP contribution in [0.15, 0.2) is 41.8 Å². The highest BCUT2D eigenvalue weighted by Crippen LogP contribution is 2.17. The highest BCUT2D eigenvalue weighted by Gasteiger charge is 2.20. The van der Waals surface area contributed by atoms with Gasteiger partial charge in [-0.2, -0.15) is 0 Å². The molecule has 0 amide bonds. The van der Waals surface area contributed by atoms with Crippen molar-refractivity contribution in [2.24, 2.45) is 0 Å². The average Bonchev–Trinajstić information content (AvgIpc) is 2.94. The number of hydrogen-bond acceptors (Lipinski definition) is 2. The summed E-state index contributed by atoms with van der Waals surface area (Å²) >= 11 is 7.80. The van der Waals surface area contributed by atoms with Crippen molar-refractivity contribution in [3.05, 3.63) is 51.7 Å². The largest absolute Gasteiger partial charge is 0.360 e. The van der Waals surface area contributed by atoms with Crippen LogP contribution >= 0.6 is 22.9 Å². The molecular weight excluding hydrogens is 276 g/mol. The molecule has 1 aliphatic rings. The Balaban J connectivity index is 1.56. The Morgan fingerprint density at radius 1 is 1.11 bits per heavy atom. The van der Waals surface area contributed by atoms with Gasteiger partial charge in [0.05, 0.1) is 31.1 Å². The number of quaternary nitrogens is 1. The van der Waals surface area contributed by atoms with Crippen molar-refractivity contribution in [3.8, 4) is 0 Å². The van der Waals surface area contributed by atoms with E-state index in [4.69, 9.17) is 11.6 Å². The van der Waals surface area contributed by atoms with Crippen LogP contribution in [0.2, 0.25) is 5.02 Å². The van der Waals surface area contributed by atoms with E-state index in [1.807, 2.05) is 23.5 Å². The Labute approximate surface area is 123 Å². The van der Waals surface area contributed by atoms with Crippen LogP contribution in [0, 0.1) is 0 Å². The summed E-state index contributed by atoms with van der Waals surface area (Å²) in [4.78, 5) is 5.64. The highest BCUT2D eigenvalue weighted by molar-refractivity contribution is 7.09. The minimum atomic E-state index is 0.811. The van der Waals surface area contributed by atoms with Crippen molar-refractivity contribution in [1.29, 1.82) is 0 Å². The number of halogens is 1. The van der Waals surface area contributed by atoms with Crippen LogP contribution in [-0.2, 0) is 6.54 Å². The van der Waals surface area contributed by atoms with Gasteiger partial charge in [0.15, 0.2) is 0 Å². The standard InChI is InChI=1S/C15H17ClN2S/c16-13-3-5-14(6-4-13)18-9-7-17(8-10-18)12-15-2-1-11-19-15/h1-6,11H,7-10,12H2/p+1. The summed E-state index contributed by atoms with van der Waals surface area (Å²) in [6.07, 6.45) is 0. The van der Waals surface area contributed by atoms with Gasteiger partial charge in [-0.05, 0) is 35.7 Å². The Morgan fingerprint density at radius 2 is 1.84 bits per heavy atom. The lowest BCUT2D eigenvalue weighted by Crippen LogP contribution is -3.13. The number of nitrogens with zero attached hydrogens (tertiary/aromatic N) is 1. The molecule has 1 saturated heterocycles. The molecule has 2 nitrogen and oxygen atoms in total. The summed E-state index contributed by atoms with van der Waals surface area (Å²) in [7, 11) is 0. The molecule has 0 spiro atoms. The van der Waals surface area contributed by atoms with Crippen LogP contribution in [-0.4, -0.2) is 26.2 Å². The first-order valence-corrected chi connectivity index (χ1v) is 7.93. The number of nitrogens with one attached hydrogen (secondary N) is 1. The van der Waals surface area contributed by atoms with Crippen molar-refractivity contribution in [3.63, 3.8) is 0 Å². The van der Waals surface area contributed by atoms with Crippen molar-refractivity contribution < 1.29 is 4.90 Å². The molecule has 1 aromatic heterocycles. The van der Waals surface area contributed by atoms with E-state index in [1.54, 1.807) is 4.90 Å². The van der Waals surface area contributed by atoms with Gasteiger partial charge in [-0.25, -0.2) is 0 Å². The smallest absolute Gasteiger partial charge is 0.112 e. The normalized spacial score (nSPS) is 16.8. The number of anilines is 1. The fraction of sp³-hybridized carbons (Fsp3) is 0.333. The number of rotatable bonds is 3. The minimum absolute atomic E-state index is 0.811. The lowest BCUT2D eigenvalue weighted by atomic mass is 10.2. The maximum Gasteiger partial charge on any atom is 0.112 e. The third kappa shape index (κ3) is 3.30. The predicted molar refractivity (Wildman–Crippen MR) is 82.4 cm³/mol. The van der Waals surface area contributed by atoms with Gasteiger partial charge in [0.25, 0.3) is 0 Å². The third-order valence-electron chi connectivity index (χ3n) is 3.67. The molecule has 0 unspecified atom stereocenters. The second-order valence-electron chi connectivity index (χ2n) is 4.97. The van der Waals surface area contributed by atoms with Gasteiger partial charge in [-0.1, -0.05) is 17.7 Å². The zero-order valence-corrected chi connectivity index (χ0v) is 12.4. The molecule has 100 valence electrons. The number of hydrogen-bond donors (Lipinski definition) is 1. The Hall–Kier alpha value is -1.03. The molecule has 2 heterocycles. The van der Waals surface area contributed by atoms with Crippen molar-refractivity contribution >= 4 is 28.6 Å². The van der Waals surface area contributed by atoms with Gasteiger partial charge in [0.1, 0.15) is 6.54 Å². The van der Waals surface area contributed by atoms with E-state index < -0.39 is 0 Å². The van der Waals surface area contributed by atoms with Gasteiger partial charge < -0.3 is 9.80 Å². The fourth-order valence-electron chi connectivity index (χ4n) is 2.57. The molecule has 0 radical (unpaired) electrons. The van der Waals surface area contributed by atoms with E-state index in [1.165, 1.54) is 30.2 Å². The van der Waals surface area contributed by atoms with Gasteiger partial charge in [-0.3, -0.25) is 0 Å². The second kappa shape index (κ2) is 5.95. The van der Waals surface area contributed by atoms with E-state index in [9.17, 15) is 0 Å². The quantitative estimate of drug-likeness (QED) is 0.912. The van der Waals surface area contributed by atoms with Crippen molar-refractivity contribution in [2.45, 2.75) is 6.54 Å². The van der Waals surface area contributed by atoms with Crippen LogP contribution in [0.1, 0.15) is 4.88 Å². The van der Waals surface area contributed by atoms with Crippen LogP contribution in [0.3, 0.4) is 0 Å². The monoisotopic (exact) mass is 293 g/mol. The first kappa shape index (κ1) is 13.0. The Bertz CT molecular complexity index is 501. The average molecular weight is 294 g/mol. The molecule has 1 fully saturated rings.